The van der Waals surface area contributed by atoms with Crippen LogP contribution in [-0.4, -0.2) is 16.2 Å². The highest BCUT2D eigenvalue weighted by atomic mass is 15.2. The number of fused-ring (bicyclic) bond motifs is 4. The number of benzene rings is 7. The van der Waals surface area contributed by atoms with Gasteiger partial charge in [-0.25, -0.2) is 0 Å². The number of hydrogen-bond donors (Lipinski definition) is 0. The normalized spacial score (nSPS) is 12.6. The van der Waals surface area contributed by atoms with Gasteiger partial charge in [-0.15, -0.1) is 0 Å². The molecule has 7 aromatic carbocycles. The summed E-state index contributed by atoms with van der Waals surface area (Å²) in [6, 6.07) is 43.8. The first-order chi connectivity index (χ1) is 30.1. The standard InChI is InChI=1S/C56H49N5/c1-5-8-9-16-32-57-52-39(4)55(60(49-29-25-42-18-10-13-21-45(42)36-49)50-30-26-43-19-11-14-22-46(43)37-50)53-54(59-34-33-58-53)56(52)61(48-28-24-41(17-6-2)40(7-3)35-48)51-31-27-44-20-12-15-23-47(44)38-51/h6-7,9-14,16-22,24-38H,3,5,8,15,23H2,1-2,4H3/b16-9-,17-6-,57-32?. The maximum atomic E-state index is 5.42. The topological polar surface area (TPSA) is 44.6 Å². The average molecular weight is 792 g/mol. The van der Waals surface area contributed by atoms with Crippen molar-refractivity contribution in [2.45, 2.75) is 46.5 Å². The van der Waals surface area contributed by atoms with Crippen molar-refractivity contribution in [3.05, 3.63) is 192 Å². The van der Waals surface area contributed by atoms with Crippen LogP contribution in [0.15, 0.2) is 170 Å². The van der Waals surface area contributed by atoms with Gasteiger partial charge < -0.3 is 9.80 Å². The number of hydrogen-bond acceptors (Lipinski definition) is 5. The molecule has 1 aliphatic carbocycles. The predicted molar refractivity (Wildman–Crippen MR) is 263 cm³/mol. The second-order valence-electron chi connectivity index (χ2n) is 15.5. The summed E-state index contributed by atoms with van der Waals surface area (Å²) < 4.78 is 0. The summed E-state index contributed by atoms with van der Waals surface area (Å²) in [5.41, 5.74) is 13.8. The van der Waals surface area contributed by atoms with Crippen LogP contribution in [0.1, 0.15) is 60.9 Å². The van der Waals surface area contributed by atoms with Gasteiger partial charge in [-0.3, -0.25) is 15.0 Å². The lowest BCUT2D eigenvalue weighted by Crippen LogP contribution is -2.17. The molecule has 0 N–H and O–H groups in total. The lowest BCUT2D eigenvalue weighted by Gasteiger charge is -2.33. The Morgan fingerprint density at radius 2 is 1.30 bits per heavy atom. The molecule has 0 saturated carbocycles. The molecule has 0 fully saturated rings. The molecule has 0 spiro atoms. The van der Waals surface area contributed by atoms with Gasteiger partial charge in [-0.1, -0.05) is 129 Å². The average Bonchev–Trinajstić information content (AvgIpc) is 3.31. The van der Waals surface area contributed by atoms with Gasteiger partial charge in [0.2, 0.25) is 0 Å². The Bertz CT molecular complexity index is 2980. The van der Waals surface area contributed by atoms with Gasteiger partial charge in [0.25, 0.3) is 0 Å². The summed E-state index contributed by atoms with van der Waals surface area (Å²) in [4.78, 5) is 20.6. The SMILES string of the molecule is C=Cc1cc(N(c2ccc3c(c2)CCC=C3)c2c(N=C/C=C\CCC)c(C)c(N(c3ccc4ccccc4c3)c3ccc4ccccc4c3)c3nccnc23)ccc1/C=C\C. The molecular formula is C56H49N5. The Balaban J connectivity index is 1.38. The number of aryl methyl sites for hydroxylation is 1. The van der Waals surface area contributed by atoms with Crippen LogP contribution in [0.5, 0.6) is 0 Å². The van der Waals surface area contributed by atoms with E-state index < -0.39 is 0 Å². The second kappa shape index (κ2) is 17.5. The molecule has 0 amide bonds. The van der Waals surface area contributed by atoms with E-state index in [0.717, 1.165) is 104 Å². The summed E-state index contributed by atoms with van der Waals surface area (Å²) in [5, 5.41) is 4.67. The van der Waals surface area contributed by atoms with Crippen molar-refractivity contribution in [3.63, 3.8) is 0 Å². The molecule has 1 aromatic heterocycles. The minimum atomic E-state index is 0.745. The lowest BCUT2D eigenvalue weighted by molar-refractivity contribution is 0.960. The number of allylic oxidation sites excluding steroid dienone is 4. The zero-order chi connectivity index (χ0) is 41.7. The van der Waals surface area contributed by atoms with E-state index in [-0.39, 0.29) is 0 Å². The van der Waals surface area contributed by atoms with Crippen molar-refractivity contribution in [1.29, 1.82) is 0 Å². The Morgan fingerprint density at radius 3 is 1.97 bits per heavy atom. The first kappa shape index (κ1) is 39.1. The number of nitrogens with zero attached hydrogens (tertiary/aromatic N) is 5. The van der Waals surface area contributed by atoms with E-state index in [2.05, 4.69) is 188 Å². The first-order valence-corrected chi connectivity index (χ1v) is 21.3. The van der Waals surface area contributed by atoms with Crippen LogP contribution in [0.25, 0.3) is 50.8 Å². The van der Waals surface area contributed by atoms with Crippen molar-refractivity contribution in [3.8, 4) is 0 Å². The van der Waals surface area contributed by atoms with E-state index in [9.17, 15) is 0 Å². The number of aromatic nitrogens is 2. The van der Waals surface area contributed by atoms with E-state index in [4.69, 9.17) is 15.0 Å². The molecule has 61 heavy (non-hydrogen) atoms. The number of unbranched alkanes of at least 4 members (excludes halogenated alkanes) is 1. The van der Waals surface area contributed by atoms with Gasteiger partial charge in [0, 0.05) is 46.9 Å². The van der Waals surface area contributed by atoms with Crippen LogP contribution in [-0.2, 0) is 6.42 Å². The molecule has 1 heterocycles. The third-order valence-corrected chi connectivity index (χ3v) is 11.5. The third kappa shape index (κ3) is 7.67. The minimum Gasteiger partial charge on any atom is -0.308 e. The van der Waals surface area contributed by atoms with Gasteiger partial charge in [0.05, 0.1) is 11.4 Å². The summed E-state index contributed by atoms with van der Waals surface area (Å²) in [5.74, 6) is 0. The molecule has 0 unspecified atom stereocenters. The number of aliphatic imine (C=N–C) groups is 1. The van der Waals surface area contributed by atoms with Crippen molar-refractivity contribution in [2.24, 2.45) is 4.99 Å². The van der Waals surface area contributed by atoms with E-state index >= 15 is 0 Å². The second-order valence-corrected chi connectivity index (χ2v) is 15.5. The largest absolute Gasteiger partial charge is 0.308 e. The molecular weight excluding hydrogens is 743 g/mol. The van der Waals surface area contributed by atoms with Gasteiger partial charge >= 0.3 is 0 Å². The maximum absolute atomic E-state index is 5.42. The van der Waals surface area contributed by atoms with Crippen molar-refractivity contribution in [2.75, 3.05) is 9.80 Å². The van der Waals surface area contributed by atoms with Gasteiger partial charge in [-0.2, -0.15) is 0 Å². The highest BCUT2D eigenvalue weighted by molar-refractivity contribution is 6.11. The molecule has 0 bridgehead atoms. The van der Waals surface area contributed by atoms with Crippen LogP contribution in [0.3, 0.4) is 0 Å². The highest BCUT2D eigenvalue weighted by Crippen LogP contribution is 2.52. The smallest absolute Gasteiger partial charge is 0.117 e. The number of anilines is 6. The molecule has 0 radical (unpaired) electrons. The van der Waals surface area contributed by atoms with Crippen molar-refractivity contribution < 1.29 is 0 Å². The van der Waals surface area contributed by atoms with Crippen LogP contribution in [0.4, 0.5) is 39.8 Å². The molecule has 298 valence electrons. The van der Waals surface area contributed by atoms with Crippen molar-refractivity contribution in [1.82, 2.24) is 9.97 Å². The molecule has 0 saturated heterocycles. The Kier molecular flexibility index (Phi) is 11.2. The number of rotatable bonds is 12. The summed E-state index contributed by atoms with van der Waals surface area (Å²) in [6.07, 6.45) is 24.4. The monoisotopic (exact) mass is 791 g/mol. The third-order valence-electron chi connectivity index (χ3n) is 11.5. The van der Waals surface area contributed by atoms with E-state index in [0.29, 0.717) is 0 Å². The first-order valence-electron chi connectivity index (χ1n) is 21.3. The molecule has 5 heteroatoms. The highest BCUT2D eigenvalue weighted by Gasteiger charge is 2.29. The molecule has 0 aliphatic heterocycles. The van der Waals surface area contributed by atoms with E-state index in [1.807, 2.05) is 25.4 Å². The molecule has 5 nitrogen and oxygen atoms in total. The van der Waals surface area contributed by atoms with Gasteiger partial charge in [-0.05, 0) is 132 Å². The predicted octanol–water partition coefficient (Wildman–Crippen LogP) is 15.9. The summed E-state index contributed by atoms with van der Waals surface area (Å²) in [6.45, 7) is 10.7. The van der Waals surface area contributed by atoms with Crippen LogP contribution < -0.4 is 9.80 Å². The minimum absolute atomic E-state index is 0.745. The molecule has 1 aliphatic rings. The van der Waals surface area contributed by atoms with Gasteiger partial charge in [0.15, 0.2) is 0 Å². The van der Waals surface area contributed by atoms with Crippen LogP contribution in [0, 0.1) is 6.92 Å². The van der Waals surface area contributed by atoms with E-state index in [1.54, 1.807) is 6.20 Å². The zero-order valence-electron chi connectivity index (χ0n) is 35.1. The van der Waals surface area contributed by atoms with E-state index in [1.165, 1.54) is 21.9 Å². The van der Waals surface area contributed by atoms with Crippen LogP contribution in [0.2, 0.25) is 0 Å². The Morgan fingerprint density at radius 1 is 0.689 bits per heavy atom. The molecule has 0 atom stereocenters. The van der Waals surface area contributed by atoms with Crippen LogP contribution >= 0.6 is 0 Å². The molecule has 9 rings (SSSR count). The van der Waals surface area contributed by atoms with Gasteiger partial charge in [0.1, 0.15) is 16.7 Å². The summed E-state index contributed by atoms with van der Waals surface area (Å²) >= 11 is 0. The molecule has 8 aromatic rings. The van der Waals surface area contributed by atoms with Crippen molar-refractivity contribution >= 4 is 96.8 Å². The fraction of sp³-hybridized carbons (Fsp3) is 0.125. The fourth-order valence-electron chi connectivity index (χ4n) is 8.56. The fourth-order valence-corrected chi connectivity index (χ4v) is 8.56. The zero-order valence-corrected chi connectivity index (χ0v) is 35.1. The Hall–Kier alpha value is -7.37. The Labute approximate surface area is 359 Å². The quantitative estimate of drug-likeness (QED) is 0.116. The lowest BCUT2D eigenvalue weighted by atomic mass is 9.95. The summed E-state index contributed by atoms with van der Waals surface area (Å²) in [7, 11) is 0. The maximum Gasteiger partial charge on any atom is 0.117 e.